The number of hydroxylamine groups is 1. The van der Waals surface area contributed by atoms with E-state index in [1.54, 1.807) is 6.07 Å². The average molecular weight is 519 g/mol. The Bertz CT molecular complexity index is 1230. The van der Waals surface area contributed by atoms with E-state index in [2.05, 4.69) is 26.1 Å². The van der Waals surface area contributed by atoms with E-state index in [9.17, 15) is 19.2 Å². The molecule has 3 rings (SSSR count). The van der Waals surface area contributed by atoms with Gasteiger partial charge in [-0.05, 0) is 42.8 Å². The van der Waals surface area contributed by atoms with Crippen molar-refractivity contribution >= 4 is 58.2 Å². The predicted octanol–water partition coefficient (Wildman–Crippen LogP) is 3.24. The second-order valence-corrected chi connectivity index (χ2v) is 7.95. The van der Waals surface area contributed by atoms with Gasteiger partial charge in [-0.3, -0.25) is 29.5 Å². The van der Waals surface area contributed by atoms with E-state index < -0.39 is 17.7 Å². The molecule has 0 fully saturated rings. The smallest absolute Gasteiger partial charge is 0.275 e. The average Bonchev–Trinajstić information content (AvgIpc) is 3.30. The fraction of sp³-hybridized carbons (Fsp3) is 0.136. The van der Waals surface area contributed by atoms with Crippen molar-refractivity contribution in [3.05, 3.63) is 75.5 Å². The fourth-order valence-electron chi connectivity index (χ4n) is 2.96. The van der Waals surface area contributed by atoms with Crippen molar-refractivity contribution in [2.75, 3.05) is 17.2 Å². The van der Waals surface area contributed by atoms with Crippen molar-refractivity contribution in [2.24, 2.45) is 0 Å². The van der Waals surface area contributed by atoms with Gasteiger partial charge < -0.3 is 16.0 Å². The molecule has 0 atom stereocenters. The highest BCUT2D eigenvalue weighted by Crippen LogP contribution is 2.26. The lowest BCUT2D eigenvalue weighted by Gasteiger charge is -2.10. The van der Waals surface area contributed by atoms with Crippen LogP contribution >= 0.6 is 23.2 Å². The minimum Gasteiger partial charge on any atom is -0.352 e. The Kier molecular flexibility index (Phi) is 8.79. The van der Waals surface area contributed by atoms with Gasteiger partial charge in [0, 0.05) is 24.2 Å². The molecule has 182 valence electrons. The largest absolute Gasteiger partial charge is 0.352 e. The summed E-state index contributed by atoms with van der Waals surface area (Å²) in [6.45, 7) is 0.248. The standard InChI is InChI=1S/C22H20Cl2N6O5/c23-14-3-1-4-15(24)18(14)21(33)28-16-11-26-29-19(16)22(34)27-13-8-6-12(7-9-13)20(32)25-10-2-5-17(31)30-35/h1,3-4,6-9,11,35H,2,5,10H2,(H,25,32)(H,26,29)(H,27,34)(H,28,33)(H,30,31). The molecule has 6 N–H and O–H groups in total. The Hall–Kier alpha value is -3.93. The molecule has 0 radical (unpaired) electrons. The molecule has 0 saturated heterocycles. The molecule has 0 unspecified atom stereocenters. The summed E-state index contributed by atoms with van der Waals surface area (Å²) >= 11 is 12.1. The number of amides is 4. The number of benzene rings is 2. The van der Waals surface area contributed by atoms with Gasteiger partial charge in [0.15, 0.2) is 0 Å². The molecule has 1 heterocycles. The number of hydrogen-bond acceptors (Lipinski definition) is 6. The SMILES string of the molecule is O=C(CCCNC(=O)c1ccc(NC(=O)c2[nH]ncc2NC(=O)c2c(Cl)cccc2Cl)cc1)NO. The Labute approximate surface area is 209 Å². The molecule has 0 aliphatic heterocycles. The van der Waals surface area contributed by atoms with Gasteiger partial charge in [-0.15, -0.1) is 0 Å². The summed E-state index contributed by atoms with van der Waals surface area (Å²) in [6, 6.07) is 10.7. The van der Waals surface area contributed by atoms with Gasteiger partial charge in [-0.1, -0.05) is 29.3 Å². The number of nitrogens with zero attached hydrogens (tertiary/aromatic N) is 1. The quantitative estimate of drug-likeness (QED) is 0.144. The third kappa shape index (κ3) is 6.79. The van der Waals surface area contributed by atoms with Crippen LogP contribution in [0.1, 0.15) is 44.0 Å². The van der Waals surface area contributed by atoms with Gasteiger partial charge in [-0.25, -0.2) is 5.48 Å². The first-order valence-electron chi connectivity index (χ1n) is 10.2. The van der Waals surface area contributed by atoms with Gasteiger partial charge in [-0.2, -0.15) is 5.10 Å². The number of hydrogen-bond donors (Lipinski definition) is 6. The molecular formula is C22H20Cl2N6O5. The van der Waals surface area contributed by atoms with Crippen molar-refractivity contribution < 1.29 is 24.4 Å². The lowest BCUT2D eigenvalue weighted by Crippen LogP contribution is -2.26. The van der Waals surface area contributed by atoms with E-state index in [0.29, 0.717) is 17.7 Å². The van der Waals surface area contributed by atoms with Crippen LogP contribution in [0, 0.1) is 0 Å². The van der Waals surface area contributed by atoms with Crippen molar-refractivity contribution in [1.29, 1.82) is 0 Å². The number of aromatic nitrogens is 2. The number of carbonyl (C=O) groups is 4. The van der Waals surface area contributed by atoms with Gasteiger partial charge >= 0.3 is 0 Å². The molecular weight excluding hydrogens is 499 g/mol. The maximum absolute atomic E-state index is 12.7. The molecule has 4 amide bonds. The highest BCUT2D eigenvalue weighted by molar-refractivity contribution is 6.40. The third-order valence-corrected chi connectivity index (χ3v) is 5.33. The lowest BCUT2D eigenvalue weighted by molar-refractivity contribution is -0.129. The van der Waals surface area contributed by atoms with Crippen LogP contribution in [-0.4, -0.2) is 45.6 Å². The van der Waals surface area contributed by atoms with Crippen LogP contribution in [0.2, 0.25) is 10.0 Å². The van der Waals surface area contributed by atoms with Crippen LogP contribution in [0.3, 0.4) is 0 Å². The van der Waals surface area contributed by atoms with Gasteiger partial charge in [0.2, 0.25) is 5.91 Å². The molecule has 0 spiro atoms. The third-order valence-electron chi connectivity index (χ3n) is 4.70. The molecule has 35 heavy (non-hydrogen) atoms. The molecule has 2 aromatic carbocycles. The molecule has 11 nitrogen and oxygen atoms in total. The highest BCUT2D eigenvalue weighted by Gasteiger charge is 2.20. The van der Waals surface area contributed by atoms with Crippen LogP contribution in [0.4, 0.5) is 11.4 Å². The van der Waals surface area contributed by atoms with E-state index in [4.69, 9.17) is 28.4 Å². The van der Waals surface area contributed by atoms with E-state index in [0.717, 1.165) is 0 Å². The minimum atomic E-state index is -0.608. The molecule has 13 heteroatoms. The zero-order chi connectivity index (χ0) is 25.4. The number of nitrogens with one attached hydrogen (secondary N) is 5. The van der Waals surface area contributed by atoms with Crippen LogP contribution in [0.5, 0.6) is 0 Å². The van der Waals surface area contributed by atoms with Gasteiger partial charge in [0.1, 0.15) is 5.69 Å². The van der Waals surface area contributed by atoms with Crippen LogP contribution in [-0.2, 0) is 4.79 Å². The first-order valence-corrected chi connectivity index (χ1v) is 11.0. The van der Waals surface area contributed by atoms with E-state index >= 15 is 0 Å². The Morgan fingerprint density at radius 1 is 0.914 bits per heavy atom. The van der Waals surface area contributed by atoms with Crippen molar-refractivity contribution in [3.8, 4) is 0 Å². The zero-order valence-corrected chi connectivity index (χ0v) is 19.5. The van der Waals surface area contributed by atoms with E-state index in [1.807, 2.05) is 0 Å². The second kappa shape index (κ2) is 12.0. The Morgan fingerprint density at radius 2 is 1.60 bits per heavy atom. The maximum Gasteiger partial charge on any atom is 0.275 e. The number of carbonyl (C=O) groups excluding carboxylic acids is 4. The number of anilines is 2. The minimum absolute atomic E-state index is 0.00439. The van der Waals surface area contributed by atoms with Crippen LogP contribution < -0.4 is 21.4 Å². The summed E-state index contributed by atoms with van der Waals surface area (Å²) < 4.78 is 0. The summed E-state index contributed by atoms with van der Waals surface area (Å²) in [5.74, 6) is -2.08. The molecule has 0 aliphatic carbocycles. The van der Waals surface area contributed by atoms with Gasteiger partial charge in [0.25, 0.3) is 17.7 Å². The highest BCUT2D eigenvalue weighted by atomic mass is 35.5. The number of aromatic amines is 1. The van der Waals surface area contributed by atoms with Crippen LogP contribution in [0.15, 0.2) is 48.7 Å². The summed E-state index contributed by atoms with van der Waals surface area (Å²) in [4.78, 5) is 48.4. The molecule has 1 aromatic heterocycles. The van der Waals surface area contributed by atoms with Crippen molar-refractivity contribution in [1.82, 2.24) is 21.0 Å². The normalized spacial score (nSPS) is 10.4. The topological polar surface area (TPSA) is 165 Å². The van der Waals surface area contributed by atoms with E-state index in [-0.39, 0.29) is 45.9 Å². The number of H-pyrrole nitrogens is 1. The zero-order valence-electron chi connectivity index (χ0n) is 18.0. The summed E-state index contributed by atoms with van der Waals surface area (Å²) in [5, 5.41) is 22.9. The summed E-state index contributed by atoms with van der Waals surface area (Å²) in [6.07, 6.45) is 1.70. The monoisotopic (exact) mass is 518 g/mol. The fourth-order valence-corrected chi connectivity index (χ4v) is 3.53. The first kappa shape index (κ1) is 25.7. The lowest BCUT2D eigenvalue weighted by atomic mass is 10.2. The van der Waals surface area contributed by atoms with Crippen molar-refractivity contribution in [2.45, 2.75) is 12.8 Å². The molecule has 0 bridgehead atoms. The van der Waals surface area contributed by atoms with Gasteiger partial charge in [0.05, 0.1) is 27.5 Å². The molecule has 0 saturated carbocycles. The van der Waals surface area contributed by atoms with E-state index in [1.165, 1.54) is 48.1 Å². The van der Waals surface area contributed by atoms with Crippen molar-refractivity contribution in [3.63, 3.8) is 0 Å². The molecule has 0 aliphatic rings. The predicted molar refractivity (Wildman–Crippen MR) is 129 cm³/mol. The maximum atomic E-state index is 12.7. The molecule has 3 aromatic rings. The Morgan fingerprint density at radius 3 is 2.26 bits per heavy atom. The first-order chi connectivity index (χ1) is 16.8. The number of rotatable bonds is 9. The summed E-state index contributed by atoms with van der Waals surface area (Å²) in [5.41, 5.74) is 2.44. The summed E-state index contributed by atoms with van der Waals surface area (Å²) in [7, 11) is 0. The number of halogens is 2. The van der Waals surface area contributed by atoms with Crippen LogP contribution in [0.25, 0.3) is 0 Å². The Balaban J connectivity index is 1.59. The second-order valence-electron chi connectivity index (χ2n) is 7.14.